The number of anilines is 1. The molecule has 31 heavy (non-hydrogen) atoms. The van der Waals surface area contributed by atoms with Gasteiger partial charge in [0.25, 0.3) is 0 Å². The average Bonchev–Trinajstić information content (AvgIpc) is 3.25. The van der Waals surface area contributed by atoms with Gasteiger partial charge in [0.05, 0.1) is 26.0 Å². The number of methoxy groups -OCH3 is 1. The van der Waals surface area contributed by atoms with Gasteiger partial charge >= 0.3 is 0 Å². The van der Waals surface area contributed by atoms with Crippen molar-refractivity contribution in [3.05, 3.63) is 59.5 Å². The van der Waals surface area contributed by atoms with E-state index in [-0.39, 0.29) is 5.91 Å². The van der Waals surface area contributed by atoms with Crippen molar-refractivity contribution < 1.29 is 19.0 Å². The highest BCUT2D eigenvalue weighted by molar-refractivity contribution is 7.14. The highest BCUT2D eigenvalue weighted by atomic mass is 32.1. The van der Waals surface area contributed by atoms with Crippen molar-refractivity contribution >= 4 is 28.5 Å². The number of ether oxygens (including phenoxy) is 3. The van der Waals surface area contributed by atoms with E-state index in [1.54, 1.807) is 13.2 Å². The molecule has 0 unspecified atom stereocenters. The summed E-state index contributed by atoms with van der Waals surface area (Å²) in [5.41, 5.74) is 2.61. The molecule has 7 heteroatoms. The van der Waals surface area contributed by atoms with E-state index in [1.807, 2.05) is 54.8 Å². The maximum absolute atomic E-state index is 12.3. The van der Waals surface area contributed by atoms with Crippen LogP contribution in [0, 0.1) is 0 Å². The summed E-state index contributed by atoms with van der Waals surface area (Å²) in [6, 6.07) is 13.3. The van der Waals surface area contributed by atoms with E-state index in [9.17, 15) is 4.79 Å². The van der Waals surface area contributed by atoms with Gasteiger partial charge in [-0.3, -0.25) is 10.1 Å². The minimum absolute atomic E-state index is 0.253. The molecule has 6 nitrogen and oxygen atoms in total. The monoisotopic (exact) mass is 438 g/mol. The van der Waals surface area contributed by atoms with Crippen LogP contribution in [0.25, 0.3) is 17.3 Å². The predicted octanol–water partition coefficient (Wildman–Crippen LogP) is 5.66. The molecular formula is C24H26N2O4S. The predicted molar refractivity (Wildman–Crippen MR) is 125 cm³/mol. The van der Waals surface area contributed by atoms with E-state index in [0.29, 0.717) is 29.8 Å². The number of aromatic nitrogens is 1. The molecule has 0 aliphatic rings. The van der Waals surface area contributed by atoms with E-state index in [4.69, 9.17) is 14.2 Å². The van der Waals surface area contributed by atoms with E-state index in [1.165, 1.54) is 17.4 Å². The van der Waals surface area contributed by atoms with E-state index < -0.39 is 0 Å². The van der Waals surface area contributed by atoms with Crippen molar-refractivity contribution in [3.63, 3.8) is 0 Å². The first kappa shape index (κ1) is 22.4. The highest BCUT2D eigenvalue weighted by Crippen LogP contribution is 2.29. The summed E-state index contributed by atoms with van der Waals surface area (Å²) in [6.07, 6.45) is 4.16. The third-order valence-electron chi connectivity index (χ3n) is 4.27. The van der Waals surface area contributed by atoms with Crippen LogP contribution in [0.2, 0.25) is 0 Å². The number of nitrogens with zero attached hydrogens (tertiary/aromatic N) is 1. The molecule has 0 radical (unpaired) electrons. The first-order valence-corrected chi connectivity index (χ1v) is 11.0. The van der Waals surface area contributed by atoms with Gasteiger partial charge in [-0.25, -0.2) is 4.98 Å². The van der Waals surface area contributed by atoms with E-state index in [2.05, 4.69) is 17.2 Å². The van der Waals surface area contributed by atoms with E-state index >= 15 is 0 Å². The molecular weight excluding hydrogens is 412 g/mol. The second kappa shape index (κ2) is 11.2. The molecule has 1 aromatic heterocycles. The second-order valence-corrected chi connectivity index (χ2v) is 7.43. The summed E-state index contributed by atoms with van der Waals surface area (Å²) in [7, 11) is 1.59. The minimum atomic E-state index is -0.253. The highest BCUT2D eigenvalue weighted by Gasteiger charge is 2.08. The Labute approximate surface area is 186 Å². The van der Waals surface area contributed by atoms with Gasteiger partial charge in [-0.1, -0.05) is 13.0 Å². The van der Waals surface area contributed by atoms with E-state index in [0.717, 1.165) is 29.0 Å². The lowest BCUT2D eigenvalue weighted by Gasteiger charge is -2.09. The summed E-state index contributed by atoms with van der Waals surface area (Å²) >= 11 is 1.38. The van der Waals surface area contributed by atoms with Crippen LogP contribution >= 0.6 is 11.3 Å². The number of amides is 1. The number of carbonyl (C=O) groups is 1. The number of benzene rings is 2. The number of nitrogens with one attached hydrogen (secondary N) is 1. The SMILES string of the molecule is CCCOc1ccc(-c2csc(NC(=O)/C=C/c3ccc(OCC)c(OC)c3)n2)cc1. The van der Waals surface area contributed by atoms with Crippen LogP contribution in [0.1, 0.15) is 25.8 Å². The largest absolute Gasteiger partial charge is 0.494 e. The Kier molecular flexibility index (Phi) is 8.06. The van der Waals surface area contributed by atoms with Gasteiger partial charge in [0.15, 0.2) is 16.6 Å². The molecule has 0 saturated carbocycles. The fourth-order valence-corrected chi connectivity index (χ4v) is 3.51. The lowest BCUT2D eigenvalue weighted by Crippen LogP contribution is -2.07. The standard InChI is InChI=1S/C24H26N2O4S/c1-4-14-30-19-10-8-18(9-11-19)20-16-31-24(25-20)26-23(27)13-7-17-6-12-21(29-5-2)22(15-17)28-3/h6-13,15-16H,4-5,14H2,1-3H3,(H,25,26,27)/b13-7+. The maximum Gasteiger partial charge on any atom is 0.250 e. The Hall–Kier alpha value is -3.32. The fraction of sp³-hybridized carbons (Fsp3) is 0.250. The molecule has 0 fully saturated rings. The van der Waals surface area contributed by atoms with Gasteiger partial charge < -0.3 is 14.2 Å². The number of hydrogen-bond donors (Lipinski definition) is 1. The normalized spacial score (nSPS) is 10.8. The van der Waals surface area contributed by atoms with Crippen LogP contribution in [0.4, 0.5) is 5.13 Å². The van der Waals surface area contributed by atoms with Gasteiger partial charge in [-0.2, -0.15) is 0 Å². The second-order valence-electron chi connectivity index (χ2n) is 6.58. The molecule has 3 aromatic rings. The summed E-state index contributed by atoms with van der Waals surface area (Å²) in [6.45, 7) is 5.24. The maximum atomic E-state index is 12.3. The average molecular weight is 439 g/mol. The molecule has 1 amide bonds. The minimum Gasteiger partial charge on any atom is -0.494 e. The first-order valence-electron chi connectivity index (χ1n) is 10.1. The van der Waals surface area contributed by atoms with Crippen molar-refractivity contribution in [1.82, 2.24) is 4.98 Å². The van der Waals surface area contributed by atoms with Crippen molar-refractivity contribution in [2.75, 3.05) is 25.6 Å². The smallest absolute Gasteiger partial charge is 0.250 e. The zero-order valence-corrected chi connectivity index (χ0v) is 18.7. The van der Waals surface area contributed by atoms with Crippen LogP contribution in [0.5, 0.6) is 17.2 Å². The molecule has 0 saturated heterocycles. The van der Waals surface area contributed by atoms with Gasteiger partial charge in [-0.05, 0) is 61.4 Å². The van der Waals surface area contributed by atoms with Crippen LogP contribution in [-0.2, 0) is 4.79 Å². The Morgan fingerprint density at radius 3 is 2.61 bits per heavy atom. The summed E-state index contributed by atoms with van der Waals surface area (Å²) in [5.74, 6) is 1.88. The van der Waals surface area contributed by atoms with Gasteiger partial charge in [0, 0.05) is 17.0 Å². The summed E-state index contributed by atoms with van der Waals surface area (Å²) in [5, 5.41) is 5.26. The van der Waals surface area contributed by atoms with Gasteiger partial charge in [0.1, 0.15) is 5.75 Å². The molecule has 0 atom stereocenters. The zero-order chi connectivity index (χ0) is 22.1. The first-order chi connectivity index (χ1) is 15.1. The summed E-state index contributed by atoms with van der Waals surface area (Å²) < 4.78 is 16.4. The Balaban J connectivity index is 1.61. The van der Waals surface area contributed by atoms with Crippen LogP contribution in [0.15, 0.2) is 53.9 Å². The Bertz CT molecular complexity index is 1030. The number of carbonyl (C=O) groups excluding carboxylic acids is 1. The van der Waals surface area contributed by atoms with Gasteiger partial charge in [-0.15, -0.1) is 11.3 Å². The lowest BCUT2D eigenvalue weighted by atomic mass is 10.2. The fourth-order valence-electron chi connectivity index (χ4n) is 2.79. The number of thiazole rings is 1. The van der Waals surface area contributed by atoms with Crippen molar-refractivity contribution in [1.29, 1.82) is 0 Å². The van der Waals surface area contributed by atoms with Crippen LogP contribution in [-0.4, -0.2) is 31.2 Å². The zero-order valence-electron chi connectivity index (χ0n) is 17.9. The molecule has 1 N–H and O–H groups in total. The topological polar surface area (TPSA) is 69.7 Å². The summed E-state index contributed by atoms with van der Waals surface area (Å²) in [4.78, 5) is 16.8. The molecule has 0 spiro atoms. The van der Waals surface area contributed by atoms with Crippen LogP contribution < -0.4 is 19.5 Å². The van der Waals surface area contributed by atoms with Crippen molar-refractivity contribution in [3.8, 4) is 28.5 Å². The molecule has 0 aliphatic heterocycles. The Morgan fingerprint density at radius 1 is 1.10 bits per heavy atom. The molecule has 1 heterocycles. The van der Waals surface area contributed by atoms with Crippen molar-refractivity contribution in [2.45, 2.75) is 20.3 Å². The Morgan fingerprint density at radius 2 is 1.90 bits per heavy atom. The van der Waals surface area contributed by atoms with Gasteiger partial charge in [0.2, 0.25) is 5.91 Å². The third kappa shape index (κ3) is 6.33. The molecule has 0 bridgehead atoms. The molecule has 3 rings (SSSR count). The van der Waals surface area contributed by atoms with Crippen LogP contribution in [0.3, 0.4) is 0 Å². The number of hydrogen-bond acceptors (Lipinski definition) is 6. The quantitative estimate of drug-likeness (QED) is 0.414. The van der Waals surface area contributed by atoms with Crippen molar-refractivity contribution in [2.24, 2.45) is 0 Å². The molecule has 0 aliphatic carbocycles. The lowest BCUT2D eigenvalue weighted by molar-refractivity contribution is -0.111. The number of rotatable bonds is 10. The third-order valence-corrected chi connectivity index (χ3v) is 5.03. The molecule has 2 aromatic carbocycles. The molecule has 162 valence electrons.